The number of aryl methyl sites for hydroxylation is 1. The topological polar surface area (TPSA) is 53.4 Å². The van der Waals surface area contributed by atoms with Crippen molar-refractivity contribution in [1.82, 2.24) is 4.98 Å². The average Bonchev–Trinajstić information content (AvgIpc) is 2.68. The highest BCUT2D eigenvalue weighted by Gasteiger charge is 2.37. The number of aromatic nitrogens is 1. The molecule has 25 heavy (non-hydrogen) atoms. The molecule has 0 aromatic carbocycles. The second kappa shape index (κ2) is 7.97. The number of carboxylic acid groups (broad SMARTS) is 1. The van der Waals surface area contributed by atoms with Gasteiger partial charge in [-0.15, -0.1) is 0 Å². The second-order valence-corrected chi connectivity index (χ2v) is 5.49. The van der Waals surface area contributed by atoms with Crippen LogP contribution in [0.2, 0.25) is 0 Å². The van der Waals surface area contributed by atoms with E-state index in [2.05, 4.69) is 4.98 Å². The first-order chi connectivity index (χ1) is 11.5. The molecule has 1 aliphatic heterocycles. The maximum absolute atomic E-state index is 13.4. The number of pyridine rings is 1. The Hall–Kier alpha value is -1.93. The molecule has 2 rings (SSSR count). The van der Waals surface area contributed by atoms with E-state index in [4.69, 9.17) is 5.11 Å². The lowest BCUT2D eigenvalue weighted by Crippen LogP contribution is -2.29. The van der Waals surface area contributed by atoms with Gasteiger partial charge >= 0.3 is 12.1 Å². The van der Waals surface area contributed by atoms with Gasteiger partial charge < -0.3 is 10.0 Å². The smallest absolute Gasteiger partial charge is 0.418 e. The lowest BCUT2D eigenvalue weighted by Gasteiger charge is -2.24. The lowest BCUT2D eigenvalue weighted by atomic mass is 10.1. The monoisotopic (exact) mass is 368 g/mol. The predicted molar refractivity (Wildman–Crippen MR) is 83.3 cm³/mol. The summed E-state index contributed by atoms with van der Waals surface area (Å²) < 4.78 is 65.5. The molecule has 0 amide bonds. The quantitative estimate of drug-likeness (QED) is 0.765. The van der Waals surface area contributed by atoms with Crippen LogP contribution < -0.4 is 4.90 Å². The van der Waals surface area contributed by atoms with Gasteiger partial charge in [-0.25, -0.2) is 18.6 Å². The molecule has 9 heteroatoms. The first-order valence-corrected chi connectivity index (χ1v) is 7.96. The van der Waals surface area contributed by atoms with Crippen molar-refractivity contribution in [3.05, 3.63) is 22.9 Å². The zero-order chi connectivity index (χ0) is 19.4. The van der Waals surface area contributed by atoms with Crippen molar-refractivity contribution in [3.8, 4) is 0 Å². The van der Waals surface area contributed by atoms with Crippen LogP contribution in [0.25, 0.3) is 0 Å². The summed E-state index contributed by atoms with van der Waals surface area (Å²) in [6.07, 6.45) is -5.46. The largest absolute Gasteiger partial charge is 0.478 e. The van der Waals surface area contributed by atoms with Crippen LogP contribution >= 0.6 is 0 Å². The summed E-state index contributed by atoms with van der Waals surface area (Å²) in [7, 11) is 0. The second-order valence-electron chi connectivity index (χ2n) is 5.49. The number of nitrogens with zero attached hydrogens (tertiary/aromatic N) is 2. The molecular formula is C16H21F5N2O2. The predicted octanol–water partition coefficient (Wildman–Crippen LogP) is 4.76. The van der Waals surface area contributed by atoms with E-state index in [1.54, 1.807) is 0 Å². The van der Waals surface area contributed by atoms with Gasteiger partial charge in [0.2, 0.25) is 5.92 Å². The standard InChI is InChI=1S/C14H15F5N2O2.C2H6/c1-8-10(14(17,18)19)7-9(12(22)23)11(20-8)21-5-2-3-13(15,16)4-6-21;1-2/h7H,2-6H2,1H3,(H,22,23);1-2H3. The summed E-state index contributed by atoms with van der Waals surface area (Å²) in [4.78, 5) is 16.4. The minimum atomic E-state index is -4.73. The third kappa shape index (κ3) is 5.27. The third-order valence-electron chi connectivity index (χ3n) is 3.75. The van der Waals surface area contributed by atoms with Crippen molar-refractivity contribution in [2.24, 2.45) is 0 Å². The molecular weight excluding hydrogens is 347 g/mol. The fraction of sp³-hybridized carbons (Fsp3) is 0.625. The van der Waals surface area contributed by atoms with Gasteiger partial charge in [-0.3, -0.25) is 0 Å². The van der Waals surface area contributed by atoms with Crippen molar-refractivity contribution in [2.75, 3.05) is 18.0 Å². The maximum Gasteiger partial charge on any atom is 0.418 e. The molecule has 2 heterocycles. The first kappa shape index (κ1) is 21.1. The first-order valence-electron chi connectivity index (χ1n) is 7.96. The van der Waals surface area contributed by atoms with E-state index in [-0.39, 0.29) is 37.4 Å². The molecule has 0 radical (unpaired) electrons. The van der Waals surface area contributed by atoms with Crippen molar-refractivity contribution in [2.45, 2.75) is 52.1 Å². The highest BCUT2D eigenvalue weighted by Crippen LogP contribution is 2.35. The normalized spacial score (nSPS) is 17.4. The number of hydrogen-bond acceptors (Lipinski definition) is 3. The number of hydrogen-bond donors (Lipinski definition) is 1. The molecule has 1 aromatic rings. The van der Waals surface area contributed by atoms with Gasteiger partial charge in [0.05, 0.1) is 11.3 Å². The number of carbonyl (C=O) groups is 1. The summed E-state index contributed by atoms with van der Waals surface area (Å²) in [5, 5.41) is 9.17. The molecule has 0 spiro atoms. The number of carboxylic acids is 1. The van der Waals surface area contributed by atoms with E-state index in [1.807, 2.05) is 13.8 Å². The molecule has 4 nitrogen and oxygen atoms in total. The molecule has 1 aliphatic rings. The van der Waals surface area contributed by atoms with E-state index in [0.29, 0.717) is 6.07 Å². The Bertz CT molecular complexity index is 617. The van der Waals surface area contributed by atoms with Crippen LogP contribution in [0.5, 0.6) is 0 Å². The Balaban J connectivity index is 0.00000151. The molecule has 0 saturated carbocycles. The van der Waals surface area contributed by atoms with Gasteiger partial charge in [-0.2, -0.15) is 13.2 Å². The van der Waals surface area contributed by atoms with Crippen molar-refractivity contribution in [1.29, 1.82) is 0 Å². The highest BCUT2D eigenvalue weighted by molar-refractivity contribution is 5.93. The van der Waals surface area contributed by atoms with Crippen molar-refractivity contribution in [3.63, 3.8) is 0 Å². The van der Waals surface area contributed by atoms with Gasteiger partial charge in [-0.1, -0.05) is 13.8 Å². The average molecular weight is 368 g/mol. The Kier molecular flexibility index (Phi) is 6.73. The van der Waals surface area contributed by atoms with E-state index >= 15 is 0 Å². The molecule has 0 unspecified atom stereocenters. The van der Waals surface area contributed by atoms with E-state index < -0.39 is 35.6 Å². The van der Waals surface area contributed by atoms with Crippen LogP contribution in [-0.4, -0.2) is 35.1 Å². The summed E-state index contributed by atoms with van der Waals surface area (Å²) in [6.45, 7) is 5.07. The van der Waals surface area contributed by atoms with Gasteiger partial charge in [-0.05, 0) is 19.4 Å². The summed E-state index contributed by atoms with van der Waals surface area (Å²) in [5.74, 6) is -4.63. The Morgan fingerprint density at radius 2 is 1.84 bits per heavy atom. The van der Waals surface area contributed by atoms with Gasteiger partial charge in [0.1, 0.15) is 11.4 Å². The molecule has 1 saturated heterocycles. The van der Waals surface area contributed by atoms with Crippen LogP contribution in [0.3, 0.4) is 0 Å². The minimum absolute atomic E-state index is 0.105. The molecule has 0 aliphatic carbocycles. The number of halogens is 5. The molecule has 1 N–H and O–H groups in total. The Morgan fingerprint density at radius 1 is 1.24 bits per heavy atom. The van der Waals surface area contributed by atoms with Crippen LogP contribution in [0.1, 0.15) is 54.7 Å². The molecule has 1 aromatic heterocycles. The van der Waals surface area contributed by atoms with Gasteiger partial charge in [0, 0.05) is 25.9 Å². The van der Waals surface area contributed by atoms with Crippen LogP contribution in [0.4, 0.5) is 27.8 Å². The zero-order valence-corrected chi connectivity index (χ0v) is 14.3. The fourth-order valence-electron chi connectivity index (χ4n) is 2.55. The minimum Gasteiger partial charge on any atom is -0.478 e. The van der Waals surface area contributed by atoms with Crippen molar-refractivity contribution < 1.29 is 31.9 Å². The highest BCUT2D eigenvalue weighted by atomic mass is 19.4. The number of aromatic carboxylic acids is 1. The van der Waals surface area contributed by atoms with E-state index in [1.165, 1.54) is 4.90 Å². The number of alkyl halides is 5. The Morgan fingerprint density at radius 3 is 2.36 bits per heavy atom. The molecule has 1 fully saturated rings. The SMILES string of the molecule is CC.Cc1nc(N2CCCC(F)(F)CC2)c(C(=O)O)cc1C(F)(F)F. The lowest BCUT2D eigenvalue weighted by molar-refractivity contribution is -0.138. The number of anilines is 1. The fourth-order valence-corrected chi connectivity index (χ4v) is 2.55. The third-order valence-corrected chi connectivity index (χ3v) is 3.75. The molecule has 142 valence electrons. The van der Waals surface area contributed by atoms with E-state index in [9.17, 15) is 26.7 Å². The van der Waals surface area contributed by atoms with Crippen molar-refractivity contribution >= 4 is 11.8 Å². The maximum atomic E-state index is 13.4. The summed E-state index contributed by atoms with van der Waals surface area (Å²) >= 11 is 0. The van der Waals surface area contributed by atoms with Gasteiger partial charge in [0.15, 0.2) is 0 Å². The van der Waals surface area contributed by atoms with E-state index in [0.717, 1.165) is 6.92 Å². The van der Waals surface area contributed by atoms with Crippen LogP contribution in [0.15, 0.2) is 6.07 Å². The number of rotatable bonds is 2. The zero-order valence-electron chi connectivity index (χ0n) is 14.3. The molecule has 0 atom stereocenters. The summed E-state index contributed by atoms with van der Waals surface area (Å²) in [5.41, 5.74) is -2.15. The van der Waals surface area contributed by atoms with Gasteiger partial charge in [0.25, 0.3) is 0 Å². The Labute approximate surface area is 142 Å². The van der Waals surface area contributed by atoms with Crippen LogP contribution in [0, 0.1) is 6.92 Å². The molecule has 0 bridgehead atoms. The summed E-state index contributed by atoms with van der Waals surface area (Å²) in [6, 6.07) is 0.517. The van der Waals surface area contributed by atoms with Crippen LogP contribution in [-0.2, 0) is 6.18 Å².